The van der Waals surface area contributed by atoms with Gasteiger partial charge in [0.15, 0.2) is 0 Å². The second-order valence-corrected chi connectivity index (χ2v) is 22.8. The smallest absolute Gasteiger partial charge is 0.293 e. The van der Waals surface area contributed by atoms with Crippen LogP contribution in [0.1, 0.15) is 103 Å². The lowest BCUT2D eigenvalue weighted by Crippen LogP contribution is -2.68. The van der Waals surface area contributed by atoms with Gasteiger partial charge in [0.25, 0.3) is 27.5 Å². The fourth-order valence-electron chi connectivity index (χ4n) is 11.4. The number of amides is 2. The zero-order chi connectivity index (χ0) is 52.1. The monoisotopic (exact) mass is 1030 g/mol. The molecule has 1 spiro atoms. The molecule has 2 aliphatic carbocycles. The summed E-state index contributed by atoms with van der Waals surface area (Å²) < 4.78 is 56.0. The van der Waals surface area contributed by atoms with Gasteiger partial charge < -0.3 is 34.7 Å². The van der Waals surface area contributed by atoms with Gasteiger partial charge in [-0.05, 0) is 123 Å². The van der Waals surface area contributed by atoms with E-state index < -0.39 is 42.9 Å². The van der Waals surface area contributed by atoms with Crippen LogP contribution in [-0.4, -0.2) is 108 Å². The lowest BCUT2D eigenvalue weighted by atomic mass is 9.59. The number of methoxy groups -OCH3 is 1. The molecule has 74 heavy (non-hydrogen) atoms. The number of benzene rings is 4. The van der Waals surface area contributed by atoms with Crippen LogP contribution in [-0.2, 0) is 10.0 Å². The van der Waals surface area contributed by atoms with E-state index in [-0.39, 0.29) is 57.1 Å². The number of ether oxygens (including phenoxy) is 2. The lowest BCUT2D eigenvalue weighted by molar-refractivity contribution is -0.384. The number of aromatic nitrogens is 2. The summed E-state index contributed by atoms with van der Waals surface area (Å²) >= 11 is 0. The van der Waals surface area contributed by atoms with Crippen molar-refractivity contribution in [2.24, 2.45) is 11.3 Å². The number of carbonyl (C=O) groups excluding carboxylic acids is 2. The molecule has 2 aliphatic heterocycles. The quantitative estimate of drug-likeness (QED) is 0.0559. The maximum Gasteiger partial charge on any atom is 0.293 e. The van der Waals surface area contributed by atoms with Gasteiger partial charge in [-0.15, -0.1) is 0 Å². The molecule has 388 valence electrons. The van der Waals surface area contributed by atoms with E-state index in [2.05, 4.69) is 67.9 Å². The predicted octanol–water partition coefficient (Wildman–Crippen LogP) is 9.17. The Labute approximate surface area is 429 Å². The van der Waals surface area contributed by atoms with Crippen LogP contribution in [0.4, 0.5) is 21.5 Å². The topological polar surface area (TPSA) is 213 Å². The number of anilines is 2. The number of nitro benzene ring substituents is 1. The fourth-order valence-corrected chi connectivity index (χ4v) is 12.4. The molecule has 0 radical (unpaired) electrons. The Kier molecular flexibility index (Phi) is 13.6. The SMILES string of the molecule is COc1ccc(C(=O)N2CCN(C3CC4(C3)CN(c3ccc(C(=O)NS(=O)(=O)c5ccc(NC[C@H]6CC[C@](C)(O)CC6)c([N+](=O)[O-])c5)c(Oc5cnc6[nH]cc(F)c6c5)c3)C4)[C@H](c3ccccc3C(C)C)C2)cc1. The Morgan fingerprint density at radius 1 is 0.986 bits per heavy atom. The normalized spacial score (nSPS) is 21.0. The van der Waals surface area contributed by atoms with Gasteiger partial charge in [0.05, 0.1) is 45.7 Å². The first-order chi connectivity index (χ1) is 35.4. The Morgan fingerprint density at radius 2 is 1.73 bits per heavy atom. The molecular formula is C55H61FN8O9S. The summed E-state index contributed by atoms with van der Waals surface area (Å²) in [4.78, 5) is 52.8. The van der Waals surface area contributed by atoms with Gasteiger partial charge in [-0.2, -0.15) is 0 Å². The summed E-state index contributed by atoms with van der Waals surface area (Å²) in [6.45, 7) is 9.92. The number of hydrogen-bond donors (Lipinski definition) is 4. The number of piperazine rings is 1. The number of halogens is 1. The van der Waals surface area contributed by atoms with Crippen molar-refractivity contribution >= 4 is 49.9 Å². The van der Waals surface area contributed by atoms with Gasteiger partial charge in [0.1, 0.15) is 34.4 Å². The third-order valence-electron chi connectivity index (χ3n) is 15.6. The Hall–Kier alpha value is -7.09. The summed E-state index contributed by atoms with van der Waals surface area (Å²) in [5.74, 6) is -0.365. The number of nitrogens with one attached hydrogen (secondary N) is 3. The summed E-state index contributed by atoms with van der Waals surface area (Å²) in [6, 6.07) is 25.8. The van der Waals surface area contributed by atoms with Gasteiger partial charge in [-0.1, -0.05) is 38.1 Å². The molecule has 4 aromatic carbocycles. The first-order valence-corrected chi connectivity index (χ1v) is 26.7. The van der Waals surface area contributed by atoms with Crippen molar-refractivity contribution in [1.82, 2.24) is 24.5 Å². The van der Waals surface area contributed by atoms with E-state index in [9.17, 15) is 37.6 Å². The first-order valence-electron chi connectivity index (χ1n) is 25.2. The van der Waals surface area contributed by atoms with Gasteiger partial charge in [-0.3, -0.25) is 24.6 Å². The van der Waals surface area contributed by atoms with E-state index in [1.807, 2.05) is 29.2 Å². The third kappa shape index (κ3) is 10.2. The zero-order valence-electron chi connectivity index (χ0n) is 41.8. The molecule has 4 heterocycles. The number of sulfonamides is 1. The van der Waals surface area contributed by atoms with Crippen LogP contribution in [0.5, 0.6) is 17.2 Å². The molecule has 2 amide bonds. The molecule has 6 aromatic rings. The van der Waals surface area contributed by atoms with Crippen molar-refractivity contribution in [2.75, 3.05) is 56.6 Å². The third-order valence-corrected chi connectivity index (χ3v) is 16.9. The van der Waals surface area contributed by atoms with E-state index in [0.29, 0.717) is 55.7 Å². The zero-order valence-corrected chi connectivity index (χ0v) is 42.7. The molecule has 2 saturated carbocycles. The van der Waals surface area contributed by atoms with Crippen LogP contribution in [0, 0.1) is 27.3 Å². The van der Waals surface area contributed by atoms with Crippen molar-refractivity contribution in [1.29, 1.82) is 0 Å². The molecule has 4 fully saturated rings. The van der Waals surface area contributed by atoms with Crippen LogP contribution in [0.3, 0.4) is 0 Å². The standard InChI is InChI=1S/C55H61FN8O9S/c1-34(2)42-7-5-6-8-43(42)49-31-61(53(66)36-9-12-39(72-4)13-10-36)21-22-63(49)38-26-55(27-38)32-62(33-55)37-11-15-44(50(23-37)73-40-24-45-46(56)30-59-51(45)58-29-40)52(65)60-74(70,71)41-14-16-47(48(25-41)64(68)69)57-28-35-17-19-54(3,67)20-18-35/h5-16,23-25,29-30,34-35,38,49,57,67H,17-22,26-28,31-33H2,1-4H3,(H,58,59)(H,60,65)/t35-,49-,54-/m0/s1. The highest BCUT2D eigenvalue weighted by Crippen LogP contribution is 2.54. The molecule has 4 N–H and O–H groups in total. The number of aliphatic hydroxyl groups is 1. The van der Waals surface area contributed by atoms with Crippen LogP contribution in [0.25, 0.3) is 11.0 Å². The summed E-state index contributed by atoms with van der Waals surface area (Å²) in [7, 11) is -3.06. The second-order valence-electron chi connectivity index (χ2n) is 21.1. The van der Waals surface area contributed by atoms with Gasteiger partial charge >= 0.3 is 0 Å². The molecule has 1 atom stereocenters. The molecule has 19 heteroatoms. The number of fused-ring (bicyclic) bond motifs is 1. The Bertz CT molecular complexity index is 3210. The van der Waals surface area contributed by atoms with Gasteiger partial charge in [0.2, 0.25) is 0 Å². The molecular weight excluding hydrogens is 968 g/mol. The Balaban J connectivity index is 0.853. The molecule has 4 aliphatic rings. The average Bonchev–Trinajstić information content (AvgIpc) is 3.73. The minimum Gasteiger partial charge on any atom is -0.497 e. The fraction of sp³-hybridized carbons (Fsp3) is 0.400. The van der Waals surface area contributed by atoms with Crippen molar-refractivity contribution < 1.29 is 41.9 Å². The number of hydrogen-bond acceptors (Lipinski definition) is 13. The summed E-state index contributed by atoms with van der Waals surface area (Å²) in [5.41, 5.74) is 2.93. The number of aromatic amines is 1. The van der Waals surface area contributed by atoms with Crippen molar-refractivity contribution in [3.05, 3.63) is 142 Å². The summed E-state index contributed by atoms with van der Waals surface area (Å²) in [6.07, 6.45) is 7.13. The largest absolute Gasteiger partial charge is 0.497 e. The van der Waals surface area contributed by atoms with Gasteiger partial charge in [-0.25, -0.2) is 22.5 Å². The van der Waals surface area contributed by atoms with Crippen LogP contribution in [0.15, 0.2) is 108 Å². The van der Waals surface area contributed by atoms with Crippen molar-refractivity contribution in [2.45, 2.75) is 87.8 Å². The maximum atomic E-state index is 14.7. The van der Waals surface area contributed by atoms with Crippen LogP contribution >= 0.6 is 0 Å². The minimum atomic E-state index is -4.66. The maximum absolute atomic E-state index is 14.7. The van der Waals surface area contributed by atoms with E-state index in [1.54, 1.807) is 26.2 Å². The minimum absolute atomic E-state index is 0.00226. The average molecular weight is 1030 g/mol. The number of H-pyrrole nitrogens is 1. The molecule has 10 rings (SSSR count). The highest BCUT2D eigenvalue weighted by Gasteiger charge is 2.55. The highest BCUT2D eigenvalue weighted by molar-refractivity contribution is 7.90. The van der Waals surface area contributed by atoms with E-state index in [0.717, 1.165) is 57.1 Å². The highest BCUT2D eigenvalue weighted by atomic mass is 32.2. The lowest BCUT2D eigenvalue weighted by Gasteiger charge is -2.63. The predicted molar refractivity (Wildman–Crippen MR) is 278 cm³/mol. The molecule has 17 nitrogen and oxygen atoms in total. The molecule has 0 unspecified atom stereocenters. The van der Waals surface area contributed by atoms with Crippen LogP contribution in [0.2, 0.25) is 0 Å². The van der Waals surface area contributed by atoms with E-state index in [1.165, 1.54) is 47.8 Å². The number of nitro groups is 1. The number of pyridine rings is 1. The molecule has 0 bridgehead atoms. The van der Waals surface area contributed by atoms with E-state index >= 15 is 0 Å². The van der Waals surface area contributed by atoms with E-state index in [4.69, 9.17) is 9.47 Å². The first kappa shape index (κ1) is 50.4. The Morgan fingerprint density at radius 3 is 2.45 bits per heavy atom. The second kappa shape index (κ2) is 20.0. The van der Waals surface area contributed by atoms with Gasteiger partial charge in [0, 0.05) is 80.3 Å². The molecule has 2 aromatic heterocycles. The molecule has 2 saturated heterocycles. The number of nitrogens with zero attached hydrogens (tertiary/aromatic N) is 5. The number of carbonyl (C=O) groups is 2. The summed E-state index contributed by atoms with van der Waals surface area (Å²) in [5, 5.41) is 25.8. The number of rotatable bonds is 15. The van der Waals surface area contributed by atoms with Crippen molar-refractivity contribution in [3.63, 3.8) is 0 Å². The van der Waals surface area contributed by atoms with Crippen molar-refractivity contribution in [3.8, 4) is 17.2 Å². The van der Waals surface area contributed by atoms with Crippen LogP contribution < -0.4 is 24.4 Å².